The van der Waals surface area contributed by atoms with Gasteiger partial charge in [0, 0.05) is 0 Å². The Kier molecular flexibility index (Phi) is 4.17. The number of hydrogen-bond donors (Lipinski definition) is 2. The summed E-state index contributed by atoms with van der Waals surface area (Å²) in [4.78, 5) is 10.7. The Balaban J connectivity index is 2.69. The first-order valence-corrected chi connectivity index (χ1v) is 4.39. The van der Waals surface area contributed by atoms with Crippen LogP contribution in [0.15, 0.2) is 30.3 Å². The highest BCUT2D eigenvalue weighted by Crippen LogP contribution is 2.12. The summed E-state index contributed by atoms with van der Waals surface area (Å²) in [5.41, 5.74) is 0.592. The van der Waals surface area contributed by atoms with Gasteiger partial charge in [-0.2, -0.15) is 8.78 Å². The second-order valence-electron chi connectivity index (χ2n) is 2.96. The van der Waals surface area contributed by atoms with Gasteiger partial charge in [0.15, 0.2) is 0 Å². The second-order valence-corrected chi connectivity index (χ2v) is 2.96. The highest BCUT2D eigenvalue weighted by atomic mass is 19.3. The molecule has 0 saturated carbocycles. The molecule has 0 fully saturated rings. The minimum atomic E-state index is -3.07. The number of rotatable bonds is 4. The quantitative estimate of drug-likeness (QED) is 0.790. The molecule has 1 aromatic rings. The molecule has 0 radical (unpaired) electrons. The molecule has 1 amide bonds. The normalized spacial score (nSPS) is 12.5. The molecular formula is C10H11F2NO2. The van der Waals surface area contributed by atoms with Crippen LogP contribution in [0.1, 0.15) is 11.6 Å². The Morgan fingerprint density at radius 1 is 1.33 bits per heavy atom. The minimum absolute atomic E-state index is 0.414. The van der Waals surface area contributed by atoms with Crippen LogP contribution in [0.3, 0.4) is 0 Å². The lowest BCUT2D eigenvalue weighted by Crippen LogP contribution is -2.34. The van der Waals surface area contributed by atoms with E-state index in [1.54, 1.807) is 30.3 Å². The summed E-state index contributed by atoms with van der Waals surface area (Å²) >= 11 is 0. The number of halogens is 2. The third-order valence-corrected chi connectivity index (χ3v) is 1.90. The number of aliphatic hydroxyl groups excluding tert-OH is 1. The molecule has 0 aliphatic rings. The zero-order valence-corrected chi connectivity index (χ0v) is 7.86. The summed E-state index contributed by atoms with van der Waals surface area (Å²) in [6.45, 7) is -0.414. The average molecular weight is 215 g/mol. The lowest BCUT2D eigenvalue weighted by molar-refractivity contribution is -0.132. The maximum Gasteiger partial charge on any atom is 0.315 e. The molecule has 2 N–H and O–H groups in total. The van der Waals surface area contributed by atoms with Crippen LogP contribution in [0, 0.1) is 0 Å². The van der Waals surface area contributed by atoms with E-state index >= 15 is 0 Å². The molecule has 0 saturated heterocycles. The fourth-order valence-electron chi connectivity index (χ4n) is 1.15. The van der Waals surface area contributed by atoms with E-state index < -0.39 is 25.0 Å². The Morgan fingerprint density at radius 3 is 2.40 bits per heavy atom. The first-order valence-electron chi connectivity index (χ1n) is 4.39. The van der Waals surface area contributed by atoms with Crippen molar-refractivity contribution in [2.45, 2.75) is 12.5 Å². The summed E-state index contributed by atoms with van der Waals surface area (Å²) < 4.78 is 23.9. The molecule has 0 heterocycles. The van der Waals surface area contributed by atoms with E-state index in [2.05, 4.69) is 0 Å². The molecule has 0 unspecified atom stereocenters. The Morgan fingerprint density at radius 2 is 1.93 bits per heavy atom. The van der Waals surface area contributed by atoms with Gasteiger partial charge in [0.1, 0.15) is 0 Å². The second kappa shape index (κ2) is 5.41. The van der Waals surface area contributed by atoms with E-state index in [1.807, 2.05) is 5.32 Å². The van der Waals surface area contributed by atoms with E-state index in [0.717, 1.165) is 0 Å². The van der Waals surface area contributed by atoms with Crippen LogP contribution in [0.4, 0.5) is 8.78 Å². The molecule has 0 spiro atoms. The van der Waals surface area contributed by atoms with Crippen LogP contribution in [0.5, 0.6) is 0 Å². The van der Waals surface area contributed by atoms with Crippen LogP contribution in [0.2, 0.25) is 0 Å². The van der Waals surface area contributed by atoms with Gasteiger partial charge < -0.3 is 10.4 Å². The molecule has 0 bridgehead atoms. The van der Waals surface area contributed by atoms with Gasteiger partial charge in [-0.25, -0.2) is 0 Å². The highest BCUT2D eigenvalue weighted by Gasteiger charge is 2.20. The Bertz CT molecular complexity index is 316. The molecular weight excluding hydrogens is 204 g/mol. The third-order valence-electron chi connectivity index (χ3n) is 1.90. The van der Waals surface area contributed by atoms with Gasteiger partial charge in [-0.3, -0.25) is 4.79 Å². The van der Waals surface area contributed by atoms with Gasteiger partial charge in [-0.15, -0.1) is 0 Å². The van der Waals surface area contributed by atoms with Crippen molar-refractivity contribution in [2.75, 3.05) is 6.61 Å². The molecule has 0 aromatic heterocycles. The van der Waals surface area contributed by atoms with Crippen LogP contribution >= 0.6 is 0 Å². The molecule has 5 heteroatoms. The van der Waals surface area contributed by atoms with Gasteiger partial charge in [0.25, 0.3) is 5.91 Å². The van der Waals surface area contributed by atoms with E-state index in [-0.39, 0.29) is 0 Å². The van der Waals surface area contributed by atoms with Crippen molar-refractivity contribution in [3.63, 3.8) is 0 Å². The Hall–Kier alpha value is -1.49. The summed E-state index contributed by atoms with van der Waals surface area (Å²) in [5, 5.41) is 11.0. The highest BCUT2D eigenvalue weighted by molar-refractivity contribution is 5.79. The van der Waals surface area contributed by atoms with Crippen LogP contribution in [0.25, 0.3) is 0 Å². The van der Waals surface area contributed by atoms with Crippen molar-refractivity contribution in [3.05, 3.63) is 35.9 Å². The summed E-state index contributed by atoms with van der Waals surface area (Å²) in [6, 6.07) is 7.67. The van der Waals surface area contributed by atoms with E-state index in [1.165, 1.54) is 0 Å². The maximum absolute atomic E-state index is 11.9. The number of benzene rings is 1. The first-order chi connectivity index (χ1) is 7.15. The number of aliphatic hydroxyl groups is 1. The van der Waals surface area contributed by atoms with Crippen molar-refractivity contribution in [1.29, 1.82) is 0 Å². The van der Waals surface area contributed by atoms with Crippen molar-refractivity contribution in [2.24, 2.45) is 0 Å². The first kappa shape index (κ1) is 11.6. The molecule has 82 valence electrons. The zero-order chi connectivity index (χ0) is 11.3. The minimum Gasteiger partial charge on any atom is -0.394 e. The number of hydrogen-bond acceptors (Lipinski definition) is 2. The lowest BCUT2D eigenvalue weighted by Gasteiger charge is -2.16. The predicted molar refractivity (Wildman–Crippen MR) is 50.4 cm³/mol. The predicted octanol–water partition coefficient (Wildman–Crippen LogP) is 1.10. The van der Waals surface area contributed by atoms with Gasteiger partial charge in [-0.1, -0.05) is 30.3 Å². The smallest absolute Gasteiger partial charge is 0.315 e. The fraction of sp³-hybridized carbons (Fsp3) is 0.300. The molecule has 0 aliphatic heterocycles. The summed E-state index contributed by atoms with van der Waals surface area (Å²) in [7, 11) is 0. The largest absolute Gasteiger partial charge is 0.394 e. The molecule has 1 rings (SSSR count). The van der Waals surface area contributed by atoms with Crippen LogP contribution in [-0.2, 0) is 4.79 Å². The van der Waals surface area contributed by atoms with Gasteiger partial charge in [0.05, 0.1) is 12.6 Å². The summed E-state index contributed by atoms with van der Waals surface area (Å²) in [5.74, 6) is -1.38. The van der Waals surface area contributed by atoms with Crippen LogP contribution < -0.4 is 5.32 Å². The topological polar surface area (TPSA) is 49.3 Å². The zero-order valence-electron chi connectivity index (χ0n) is 7.86. The van der Waals surface area contributed by atoms with Crippen LogP contribution in [-0.4, -0.2) is 24.0 Å². The van der Waals surface area contributed by atoms with E-state index in [4.69, 9.17) is 5.11 Å². The SMILES string of the molecule is O=C(N[C@@H](CO)c1ccccc1)C(F)F. The monoisotopic (exact) mass is 215 g/mol. The van der Waals surface area contributed by atoms with Crippen molar-refractivity contribution >= 4 is 5.91 Å². The fourth-order valence-corrected chi connectivity index (χ4v) is 1.15. The van der Waals surface area contributed by atoms with Gasteiger partial charge >= 0.3 is 6.43 Å². The lowest BCUT2D eigenvalue weighted by atomic mass is 10.1. The van der Waals surface area contributed by atoms with Crippen molar-refractivity contribution < 1.29 is 18.7 Å². The number of alkyl halides is 2. The number of carbonyl (C=O) groups excluding carboxylic acids is 1. The van der Waals surface area contributed by atoms with Gasteiger partial charge in [0.2, 0.25) is 0 Å². The molecule has 15 heavy (non-hydrogen) atoms. The van der Waals surface area contributed by atoms with E-state index in [0.29, 0.717) is 5.56 Å². The molecule has 0 aliphatic carbocycles. The average Bonchev–Trinajstić information content (AvgIpc) is 2.26. The van der Waals surface area contributed by atoms with E-state index in [9.17, 15) is 13.6 Å². The number of carbonyl (C=O) groups is 1. The van der Waals surface area contributed by atoms with Gasteiger partial charge in [-0.05, 0) is 5.56 Å². The number of amides is 1. The van der Waals surface area contributed by atoms with Crippen molar-refractivity contribution in [1.82, 2.24) is 5.32 Å². The summed E-state index contributed by atoms with van der Waals surface area (Å²) in [6.07, 6.45) is -3.07. The number of nitrogens with one attached hydrogen (secondary N) is 1. The molecule has 3 nitrogen and oxygen atoms in total. The molecule has 1 atom stereocenters. The maximum atomic E-state index is 11.9. The standard InChI is InChI=1S/C10H11F2NO2/c11-9(12)10(15)13-8(6-14)7-4-2-1-3-5-7/h1-5,8-9,14H,6H2,(H,13,15)/t8-/m0/s1. The molecule has 1 aromatic carbocycles. The third kappa shape index (κ3) is 3.28. The van der Waals surface area contributed by atoms with Crippen molar-refractivity contribution in [3.8, 4) is 0 Å². The Labute approximate surface area is 85.7 Å².